The molecule has 114 valence electrons. The van der Waals surface area contributed by atoms with Gasteiger partial charge in [-0.05, 0) is 25.0 Å². The molecule has 0 spiro atoms. The van der Waals surface area contributed by atoms with Crippen molar-refractivity contribution < 1.29 is 9.72 Å². The van der Waals surface area contributed by atoms with Gasteiger partial charge < -0.3 is 10.6 Å². The molecule has 0 unspecified atom stereocenters. The number of non-ortho nitro benzene ring substituents is 1. The van der Waals surface area contributed by atoms with E-state index in [4.69, 9.17) is 5.73 Å². The lowest BCUT2D eigenvalue weighted by atomic mass is 9.80. The number of anilines is 1. The average Bonchev–Trinajstić information content (AvgIpc) is 2.46. The van der Waals surface area contributed by atoms with Crippen molar-refractivity contribution in [3.05, 3.63) is 34.4 Å². The Labute approximate surface area is 124 Å². The number of nitrogens with two attached hydrogens (primary N) is 1. The highest BCUT2D eigenvalue weighted by atomic mass is 16.6. The zero-order valence-corrected chi connectivity index (χ0v) is 12.2. The minimum Gasteiger partial charge on any atom is -0.325 e. The van der Waals surface area contributed by atoms with E-state index in [1.54, 1.807) is 19.2 Å². The van der Waals surface area contributed by atoms with Gasteiger partial charge in [-0.1, -0.05) is 19.3 Å². The molecule has 0 heterocycles. The smallest absolute Gasteiger partial charge is 0.269 e. The lowest BCUT2D eigenvalue weighted by Gasteiger charge is -2.34. The van der Waals surface area contributed by atoms with E-state index < -0.39 is 10.5 Å². The van der Waals surface area contributed by atoms with Crippen molar-refractivity contribution in [3.63, 3.8) is 0 Å². The number of nitro benzene ring substituents is 1. The summed E-state index contributed by atoms with van der Waals surface area (Å²) in [5, 5.41) is 10.6. The maximum Gasteiger partial charge on any atom is 0.269 e. The summed E-state index contributed by atoms with van der Waals surface area (Å²) in [6.07, 6.45) is 5.42. The molecule has 21 heavy (non-hydrogen) atoms. The van der Waals surface area contributed by atoms with Crippen LogP contribution in [0, 0.1) is 10.1 Å². The Morgan fingerprint density at radius 3 is 2.38 bits per heavy atom. The number of hydrogen-bond donors (Lipinski definition) is 1. The molecule has 0 atom stereocenters. The normalized spacial score (nSPS) is 17.2. The molecular weight excluding hydrogens is 270 g/mol. The summed E-state index contributed by atoms with van der Waals surface area (Å²) < 4.78 is 0. The van der Waals surface area contributed by atoms with Crippen LogP contribution in [0.15, 0.2) is 24.3 Å². The summed E-state index contributed by atoms with van der Waals surface area (Å²) in [6, 6.07) is 5.97. The minimum absolute atomic E-state index is 0.0159. The summed E-state index contributed by atoms with van der Waals surface area (Å²) in [4.78, 5) is 24.0. The molecule has 2 rings (SSSR count). The highest BCUT2D eigenvalue weighted by molar-refractivity contribution is 5.93. The third kappa shape index (κ3) is 3.78. The van der Waals surface area contributed by atoms with Crippen molar-refractivity contribution in [1.82, 2.24) is 0 Å². The fourth-order valence-corrected chi connectivity index (χ4v) is 2.79. The summed E-state index contributed by atoms with van der Waals surface area (Å²) >= 11 is 0. The van der Waals surface area contributed by atoms with Crippen LogP contribution in [0.3, 0.4) is 0 Å². The first kappa shape index (κ1) is 15.4. The first-order valence-corrected chi connectivity index (χ1v) is 7.21. The molecule has 2 N–H and O–H groups in total. The Morgan fingerprint density at radius 2 is 1.86 bits per heavy atom. The maximum absolute atomic E-state index is 12.3. The number of rotatable bonds is 4. The van der Waals surface area contributed by atoms with Crippen molar-refractivity contribution in [2.75, 3.05) is 11.9 Å². The second-order valence-corrected chi connectivity index (χ2v) is 5.83. The van der Waals surface area contributed by atoms with E-state index in [9.17, 15) is 14.9 Å². The van der Waals surface area contributed by atoms with E-state index in [1.165, 1.54) is 23.5 Å². The van der Waals surface area contributed by atoms with Gasteiger partial charge in [-0.15, -0.1) is 0 Å². The topological polar surface area (TPSA) is 89.5 Å². The number of carbonyl (C=O) groups excluding carboxylic acids is 1. The molecule has 6 heteroatoms. The summed E-state index contributed by atoms with van der Waals surface area (Å²) in [7, 11) is 1.68. The SMILES string of the molecule is CN(C(=O)CC1(N)CCCCC1)c1ccc([N+](=O)[O-])cc1. The van der Waals surface area contributed by atoms with Crippen molar-refractivity contribution in [2.45, 2.75) is 44.1 Å². The number of nitro groups is 1. The standard InChI is InChI=1S/C15H21N3O3/c1-17(12-5-7-13(8-6-12)18(20)21)14(19)11-15(16)9-3-2-4-10-15/h5-8H,2-4,9-11,16H2,1H3. The van der Waals surface area contributed by atoms with Crippen molar-refractivity contribution in [1.29, 1.82) is 0 Å². The van der Waals surface area contributed by atoms with Crippen LogP contribution in [0.4, 0.5) is 11.4 Å². The summed E-state index contributed by atoms with van der Waals surface area (Å²) in [5.74, 6) is -0.0479. The molecule has 1 amide bonds. The van der Waals surface area contributed by atoms with E-state index in [1.807, 2.05) is 0 Å². The van der Waals surface area contributed by atoms with E-state index in [2.05, 4.69) is 0 Å². The van der Waals surface area contributed by atoms with E-state index in [0.717, 1.165) is 25.7 Å². The van der Waals surface area contributed by atoms with Gasteiger partial charge in [0, 0.05) is 36.8 Å². The van der Waals surface area contributed by atoms with Crippen LogP contribution in [-0.4, -0.2) is 23.4 Å². The van der Waals surface area contributed by atoms with Crippen LogP contribution in [-0.2, 0) is 4.79 Å². The van der Waals surface area contributed by atoms with Crippen LogP contribution in [0.25, 0.3) is 0 Å². The van der Waals surface area contributed by atoms with Gasteiger partial charge in [-0.3, -0.25) is 14.9 Å². The zero-order chi connectivity index (χ0) is 15.5. The van der Waals surface area contributed by atoms with Crippen LogP contribution >= 0.6 is 0 Å². The van der Waals surface area contributed by atoms with E-state index in [-0.39, 0.29) is 11.6 Å². The second kappa shape index (κ2) is 6.22. The van der Waals surface area contributed by atoms with Crippen LogP contribution < -0.4 is 10.6 Å². The van der Waals surface area contributed by atoms with Gasteiger partial charge >= 0.3 is 0 Å². The molecule has 1 saturated carbocycles. The predicted molar refractivity (Wildman–Crippen MR) is 81.1 cm³/mol. The molecule has 0 aromatic heterocycles. The number of benzene rings is 1. The molecule has 0 aliphatic heterocycles. The van der Waals surface area contributed by atoms with Crippen LogP contribution in [0.5, 0.6) is 0 Å². The van der Waals surface area contributed by atoms with Gasteiger partial charge in [0.1, 0.15) is 0 Å². The van der Waals surface area contributed by atoms with Crippen LogP contribution in [0.1, 0.15) is 38.5 Å². The van der Waals surface area contributed by atoms with Gasteiger partial charge in [0.2, 0.25) is 5.91 Å². The maximum atomic E-state index is 12.3. The molecule has 1 fully saturated rings. The lowest BCUT2D eigenvalue weighted by Crippen LogP contribution is -2.46. The molecule has 0 saturated heterocycles. The first-order chi connectivity index (χ1) is 9.91. The summed E-state index contributed by atoms with van der Waals surface area (Å²) in [5.41, 5.74) is 6.56. The van der Waals surface area contributed by atoms with Gasteiger partial charge in [0.25, 0.3) is 5.69 Å². The third-order valence-corrected chi connectivity index (χ3v) is 4.17. The van der Waals surface area contributed by atoms with Crippen molar-refractivity contribution in [2.24, 2.45) is 5.73 Å². The average molecular weight is 291 g/mol. The first-order valence-electron chi connectivity index (χ1n) is 7.21. The second-order valence-electron chi connectivity index (χ2n) is 5.83. The van der Waals surface area contributed by atoms with Gasteiger partial charge in [-0.2, -0.15) is 0 Å². The lowest BCUT2D eigenvalue weighted by molar-refractivity contribution is -0.384. The Morgan fingerprint density at radius 1 is 1.29 bits per heavy atom. The number of carbonyl (C=O) groups is 1. The minimum atomic E-state index is -0.456. The quantitative estimate of drug-likeness (QED) is 0.682. The molecule has 1 aromatic rings. The highest BCUT2D eigenvalue weighted by Crippen LogP contribution is 2.30. The number of nitrogens with zero attached hydrogens (tertiary/aromatic N) is 2. The fraction of sp³-hybridized carbons (Fsp3) is 0.533. The van der Waals surface area contributed by atoms with Crippen LogP contribution in [0.2, 0.25) is 0 Å². The Balaban J connectivity index is 2.03. The van der Waals surface area contributed by atoms with E-state index >= 15 is 0 Å². The molecule has 1 aliphatic carbocycles. The van der Waals surface area contributed by atoms with Gasteiger partial charge in [-0.25, -0.2) is 0 Å². The fourth-order valence-electron chi connectivity index (χ4n) is 2.79. The molecule has 6 nitrogen and oxygen atoms in total. The Hall–Kier alpha value is -1.95. The molecule has 1 aliphatic rings. The molecule has 0 bridgehead atoms. The number of hydrogen-bond acceptors (Lipinski definition) is 4. The molecule has 1 aromatic carbocycles. The van der Waals surface area contributed by atoms with Crippen molar-refractivity contribution >= 4 is 17.3 Å². The molecular formula is C15H21N3O3. The Kier molecular flexibility index (Phi) is 4.57. The largest absolute Gasteiger partial charge is 0.325 e. The van der Waals surface area contributed by atoms with Gasteiger partial charge in [0.15, 0.2) is 0 Å². The van der Waals surface area contributed by atoms with Crippen molar-refractivity contribution in [3.8, 4) is 0 Å². The predicted octanol–water partition coefficient (Wildman–Crippen LogP) is 2.61. The zero-order valence-electron chi connectivity index (χ0n) is 12.2. The highest BCUT2D eigenvalue weighted by Gasteiger charge is 2.31. The molecule has 0 radical (unpaired) electrons. The number of amides is 1. The summed E-state index contributed by atoms with van der Waals surface area (Å²) in [6.45, 7) is 0. The third-order valence-electron chi connectivity index (χ3n) is 4.17. The van der Waals surface area contributed by atoms with E-state index in [0.29, 0.717) is 12.1 Å². The monoisotopic (exact) mass is 291 g/mol. The Bertz CT molecular complexity index is 521. The van der Waals surface area contributed by atoms with Gasteiger partial charge in [0.05, 0.1) is 4.92 Å².